The van der Waals surface area contributed by atoms with Crippen molar-refractivity contribution in [2.75, 3.05) is 0 Å². The zero-order valence-electron chi connectivity index (χ0n) is 8.16. The first-order chi connectivity index (χ1) is 7.76. The zero-order chi connectivity index (χ0) is 11.5. The molecule has 1 aromatic heterocycles. The lowest BCUT2D eigenvalue weighted by Gasteiger charge is -1.98. The summed E-state index contributed by atoms with van der Waals surface area (Å²) < 4.78 is 0.978. The topological polar surface area (TPSA) is 63.4 Å². The summed E-state index contributed by atoms with van der Waals surface area (Å²) in [6, 6.07) is 11.6. The first kappa shape index (κ1) is 10.5. The number of H-pyrrole nitrogens is 1. The quantitative estimate of drug-likeness (QED) is 0.866. The van der Waals surface area contributed by atoms with Gasteiger partial charge in [-0.2, -0.15) is 10.5 Å². The zero-order valence-corrected chi connectivity index (χ0v) is 9.75. The summed E-state index contributed by atoms with van der Waals surface area (Å²) in [5.74, 6) is 0. The molecule has 0 saturated carbocycles. The Morgan fingerprint density at radius 1 is 1.06 bits per heavy atom. The van der Waals surface area contributed by atoms with Gasteiger partial charge in [0.1, 0.15) is 17.8 Å². The van der Waals surface area contributed by atoms with E-state index < -0.39 is 0 Å². The number of nitriles is 2. The Morgan fingerprint density at radius 3 is 2.31 bits per heavy atom. The molecular weight excluding hydrogens is 266 g/mol. The van der Waals surface area contributed by atoms with Gasteiger partial charge in [-0.3, -0.25) is 0 Å². The van der Waals surface area contributed by atoms with E-state index in [0.29, 0.717) is 11.3 Å². The highest BCUT2D eigenvalue weighted by atomic mass is 79.9. The second-order valence-electron chi connectivity index (χ2n) is 3.18. The van der Waals surface area contributed by atoms with Gasteiger partial charge < -0.3 is 4.98 Å². The third-order valence-corrected chi connectivity index (χ3v) is 2.79. The van der Waals surface area contributed by atoms with Crippen molar-refractivity contribution in [3.8, 4) is 23.3 Å². The molecule has 0 saturated heterocycles. The van der Waals surface area contributed by atoms with Crippen molar-refractivity contribution in [1.82, 2.24) is 4.98 Å². The van der Waals surface area contributed by atoms with Crippen LogP contribution in [0.1, 0.15) is 11.3 Å². The average Bonchev–Trinajstić information content (AvgIpc) is 2.72. The fraction of sp³-hybridized carbons (Fsp3) is 0. The fourth-order valence-corrected chi connectivity index (χ4v) is 1.75. The van der Waals surface area contributed by atoms with Gasteiger partial charge in [-0.1, -0.05) is 28.1 Å². The molecular formula is C12H6BrN3. The van der Waals surface area contributed by atoms with E-state index in [2.05, 4.69) is 20.9 Å². The van der Waals surface area contributed by atoms with Crippen LogP contribution in [0.4, 0.5) is 0 Å². The van der Waals surface area contributed by atoms with Gasteiger partial charge in [0.2, 0.25) is 0 Å². The third-order valence-electron chi connectivity index (χ3n) is 2.26. The number of benzene rings is 1. The summed E-state index contributed by atoms with van der Waals surface area (Å²) in [5, 5.41) is 17.8. The van der Waals surface area contributed by atoms with Crippen LogP contribution in [0.3, 0.4) is 0 Å². The Kier molecular flexibility index (Phi) is 2.76. The molecule has 4 heteroatoms. The number of halogens is 1. The van der Waals surface area contributed by atoms with Gasteiger partial charge in [0.15, 0.2) is 0 Å². The van der Waals surface area contributed by atoms with E-state index in [0.717, 1.165) is 15.6 Å². The predicted molar refractivity (Wildman–Crippen MR) is 63.4 cm³/mol. The molecule has 0 fully saturated rings. The first-order valence-electron chi connectivity index (χ1n) is 4.53. The second-order valence-corrected chi connectivity index (χ2v) is 4.10. The summed E-state index contributed by atoms with van der Waals surface area (Å²) in [5.41, 5.74) is 2.37. The molecule has 1 aromatic carbocycles. The monoisotopic (exact) mass is 271 g/mol. The van der Waals surface area contributed by atoms with Crippen LogP contribution >= 0.6 is 15.9 Å². The Bertz CT molecular complexity index is 597. The molecule has 0 spiro atoms. The van der Waals surface area contributed by atoms with Gasteiger partial charge in [0.05, 0.1) is 5.56 Å². The molecule has 76 valence electrons. The molecule has 3 nitrogen and oxygen atoms in total. The number of hydrogen-bond acceptors (Lipinski definition) is 2. The average molecular weight is 272 g/mol. The highest BCUT2D eigenvalue weighted by molar-refractivity contribution is 9.10. The summed E-state index contributed by atoms with van der Waals surface area (Å²) in [7, 11) is 0. The molecule has 0 aliphatic rings. The lowest BCUT2D eigenvalue weighted by molar-refractivity contribution is 1.32. The van der Waals surface area contributed by atoms with Gasteiger partial charge in [0, 0.05) is 16.2 Å². The minimum absolute atomic E-state index is 0.306. The molecule has 16 heavy (non-hydrogen) atoms. The van der Waals surface area contributed by atoms with Crippen LogP contribution < -0.4 is 0 Å². The molecule has 1 N–H and O–H groups in total. The van der Waals surface area contributed by atoms with Crippen molar-refractivity contribution < 1.29 is 0 Å². The lowest BCUT2D eigenvalue weighted by atomic mass is 10.0. The van der Waals surface area contributed by atoms with E-state index in [4.69, 9.17) is 10.5 Å². The minimum Gasteiger partial charge on any atom is -0.351 e. The van der Waals surface area contributed by atoms with Crippen LogP contribution in [0.2, 0.25) is 0 Å². The van der Waals surface area contributed by atoms with Gasteiger partial charge in [0.25, 0.3) is 0 Å². The maximum Gasteiger partial charge on any atom is 0.136 e. The van der Waals surface area contributed by atoms with E-state index in [1.54, 1.807) is 6.20 Å². The molecule has 0 aliphatic heterocycles. The molecule has 0 atom stereocenters. The molecule has 0 radical (unpaired) electrons. The molecule has 2 aromatic rings. The molecule has 2 rings (SSSR count). The minimum atomic E-state index is 0.306. The van der Waals surface area contributed by atoms with Crippen LogP contribution in [0.5, 0.6) is 0 Å². The van der Waals surface area contributed by atoms with E-state index >= 15 is 0 Å². The Morgan fingerprint density at radius 2 is 1.75 bits per heavy atom. The predicted octanol–water partition coefficient (Wildman–Crippen LogP) is 3.19. The van der Waals surface area contributed by atoms with E-state index in [1.807, 2.05) is 36.4 Å². The van der Waals surface area contributed by atoms with Crippen LogP contribution in [-0.2, 0) is 0 Å². The van der Waals surface area contributed by atoms with Crippen molar-refractivity contribution in [3.63, 3.8) is 0 Å². The standard InChI is InChI=1S/C12H6BrN3/c13-9-3-1-8(2-4-9)11-7-16-12(6-15)10(11)5-14/h1-4,7,16H. The normalized spacial score (nSPS) is 9.44. The molecule has 0 bridgehead atoms. The summed E-state index contributed by atoms with van der Waals surface area (Å²) in [6.45, 7) is 0. The number of aromatic nitrogens is 1. The summed E-state index contributed by atoms with van der Waals surface area (Å²) in [6.07, 6.45) is 1.68. The van der Waals surface area contributed by atoms with E-state index in [-0.39, 0.29) is 0 Å². The van der Waals surface area contributed by atoms with Crippen molar-refractivity contribution in [2.45, 2.75) is 0 Å². The fourth-order valence-electron chi connectivity index (χ4n) is 1.48. The summed E-state index contributed by atoms with van der Waals surface area (Å²) in [4.78, 5) is 2.79. The Hall–Kier alpha value is -2.04. The van der Waals surface area contributed by atoms with Crippen molar-refractivity contribution >= 4 is 15.9 Å². The highest BCUT2D eigenvalue weighted by Gasteiger charge is 2.11. The number of nitrogens with one attached hydrogen (secondary N) is 1. The maximum atomic E-state index is 9.00. The Labute approximate surface area is 101 Å². The van der Waals surface area contributed by atoms with Gasteiger partial charge in [-0.15, -0.1) is 0 Å². The summed E-state index contributed by atoms with van der Waals surface area (Å²) >= 11 is 3.35. The van der Waals surface area contributed by atoms with E-state index in [1.165, 1.54) is 0 Å². The SMILES string of the molecule is N#Cc1[nH]cc(-c2ccc(Br)cc2)c1C#N. The smallest absolute Gasteiger partial charge is 0.136 e. The number of aromatic amines is 1. The first-order valence-corrected chi connectivity index (χ1v) is 5.33. The van der Waals surface area contributed by atoms with Crippen LogP contribution in [-0.4, -0.2) is 4.98 Å². The third kappa shape index (κ3) is 1.71. The van der Waals surface area contributed by atoms with Crippen LogP contribution in [0.15, 0.2) is 34.9 Å². The van der Waals surface area contributed by atoms with Crippen molar-refractivity contribution in [3.05, 3.63) is 46.2 Å². The maximum absolute atomic E-state index is 9.00. The van der Waals surface area contributed by atoms with Gasteiger partial charge in [-0.25, -0.2) is 0 Å². The van der Waals surface area contributed by atoms with E-state index in [9.17, 15) is 0 Å². The molecule has 1 heterocycles. The van der Waals surface area contributed by atoms with Gasteiger partial charge in [-0.05, 0) is 17.7 Å². The number of rotatable bonds is 1. The van der Waals surface area contributed by atoms with Crippen LogP contribution in [0, 0.1) is 22.7 Å². The van der Waals surface area contributed by atoms with Gasteiger partial charge >= 0.3 is 0 Å². The molecule has 0 unspecified atom stereocenters. The highest BCUT2D eigenvalue weighted by Crippen LogP contribution is 2.26. The second kappa shape index (κ2) is 4.22. The number of nitrogens with zero attached hydrogens (tertiary/aromatic N) is 2. The largest absolute Gasteiger partial charge is 0.351 e. The van der Waals surface area contributed by atoms with Crippen molar-refractivity contribution in [2.24, 2.45) is 0 Å². The Balaban J connectivity index is 2.58. The molecule has 0 amide bonds. The number of hydrogen-bond donors (Lipinski definition) is 1. The lowest BCUT2D eigenvalue weighted by Crippen LogP contribution is -1.81. The van der Waals surface area contributed by atoms with Crippen molar-refractivity contribution in [1.29, 1.82) is 10.5 Å². The van der Waals surface area contributed by atoms with Crippen LogP contribution in [0.25, 0.3) is 11.1 Å². The molecule has 0 aliphatic carbocycles.